The van der Waals surface area contributed by atoms with Crippen molar-refractivity contribution in [1.29, 1.82) is 0 Å². The number of carboxylic acid groups (broad SMARTS) is 1. The molecular weight excluding hydrogens is 270 g/mol. The number of carboxylic acids is 1. The smallest absolute Gasteiger partial charge is 0.410 e. The summed E-state index contributed by atoms with van der Waals surface area (Å²) in [7, 11) is 0. The van der Waals surface area contributed by atoms with Gasteiger partial charge in [-0.05, 0) is 39.5 Å². The molecule has 2 aliphatic rings. The number of hydrogen-bond acceptors (Lipinski definition) is 3. The van der Waals surface area contributed by atoms with Crippen LogP contribution in [0.3, 0.4) is 0 Å². The van der Waals surface area contributed by atoms with E-state index in [2.05, 4.69) is 6.92 Å². The van der Waals surface area contributed by atoms with Gasteiger partial charge in [-0.25, -0.2) is 4.79 Å². The summed E-state index contributed by atoms with van der Waals surface area (Å²) in [6.45, 7) is 8.49. The lowest BCUT2D eigenvalue weighted by Gasteiger charge is -2.38. The van der Waals surface area contributed by atoms with Crippen LogP contribution in [0.25, 0.3) is 0 Å². The monoisotopic (exact) mass is 297 g/mol. The topological polar surface area (TPSA) is 66.8 Å². The first-order valence-corrected chi connectivity index (χ1v) is 7.84. The van der Waals surface area contributed by atoms with Gasteiger partial charge in [-0.2, -0.15) is 0 Å². The van der Waals surface area contributed by atoms with Crippen molar-refractivity contribution >= 4 is 12.1 Å². The van der Waals surface area contributed by atoms with Crippen molar-refractivity contribution in [2.24, 2.45) is 17.3 Å². The van der Waals surface area contributed by atoms with Gasteiger partial charge in [-0.15, -0.1) is 0 Å². The van der Waals surface area contributed by atoms with Crippen molar-refractivity contribution < 1.29 is 19.4 Å². The first-order valence-electron chi connectivity index (χ1n) is 7.84. The van der Waals surface area contributed by atoms with Gasteiger partial charge in [-0.3, -0.25) is 4.79 Å². The Kier molecular flexibility index (Phi) is 4.22. The van der Waals surface area contributed by atoms with Gasteiger partial charge in [0.05, 0.1) is 5.92 Å². The highest BCUT2D eigenvalue weighted by atomic mass is 16.6. The highest BCUT2D eigenvalue weighted by Crippen LogP contribution is 2.49. The molecule has 1 heterocycles. The lowest BCUT2D eigenvalue weighted by molar-refractivity contribution is -0.145. The quantitative estimate of drug-likeness (QED) is 0.807. The van der Waals surface area contributed by atoms with Crippen LogP contribution in [0.2, 0.25) is 0 Å². The Hall–Kier alpha value is -1.26. The largest absolute Gasteiger partial charge is 0.481 e. The molecule has 5 nitrogen and oxygen atoms in total. The van der Waals surface area contributed by atoms with E-state index in [4.69, 9.17) is 4.74 Å². The highest BCUT2D eigenvalue weighted by Gasteiger charge is 2.52. The molecule has 1 spiro atoms. The number of nitrogens with zero attached hydrogens (tertiary/aromatic N) is 1. The van der Waals surface area contributed by atoms with Crippen molar-refractivity contribution in [3.05, 3.63) is 0 Å². The van der Waals surface area contributed by atoms with Gasteiger partial charge in [0.2, 0.25) is 0 Å². The summed E-state index contributed by atoms with van der Waals surface area (Å²) >= 11 is 0. The summed E-state index contributed by atoms with van der Waals surface area (Å²) in [5.41, 5.74) is -0.804. The maximum Gasteiger partial charge on any atom is 0.410 e. The van der Waals surface area contributed by atoms with Gasteiger partial charge < -0.3 is 14.7 Å². The molecule has 1 amide bonds. The fourth-order valence-electron chi connectivity index (χ4n) is 3.62. The second kappa shape index (κ2) is 5.50. The van der Waals surface area contributed by atoms with Crippen molar-refractivity contribution in [2.75, 3.05) is 13.1 Å². The molecule has 0 aromatic heterocycles. The van der Waals surface area contributed by atoms with E-state index in [0.29, 0.717) is 12.5 Å². The van der Waals surface area contributed by atoms with E-state index >= 15 is 0 Å². The molecule has 0 radical (unpaired) electrons. The van der Waals surface area contributed by atoms with Gasteiger partial charge in [0.25, 0.3) is 0 Å². The number of likely N-dealkylation sites (tertiary alicyclic amines) is 1. The third kappa shape index (κ3) is 3.50. The molecule has 5 heteroatoms. The van der Waals surface area contributed by atoms with Crippen LogP contribution in [-0.2, 0) is 9.53 Å². The zero-order valence-corrected chi connectivity index (χ0v) is 13.5. The molecule has 0 aromatic rings. The van der Waals surface area contributed by atoms with Crippen molar-refractivity contribution in [3.63, 3.8) is 0 Å². The number of aliphatic carboxylic acids is 1. The molecule has 1 unspecified atom stereocenters. The molecule has 0 bridgehead atoms. The molecule has 1 atom stereocenters. The van der Waals surface area contributed by atoms with Crippen LogP contribution < -0.4 is 0 Å². The minimum atomic E-state index is -0.782. The fourth-order valence-corrected chi connectivity index (χ4v) is 3.62. The second-order valence-electron chi connectivity index (χ2n) is 7.80. The second-order valence-corrected chi connectivity index (χ2v) is 7.80. The Morgan fingerprint density at radius 1 is 1.24 bits per heavy atom. The van der Waals surface area contributed by atoms with Crippen LogP contribution in [0.4, 0.5) is 4.79 Å². The van der Waals surface area contributed by atoms with E-state index in [1.54, 1.807) is 4.90 Å². The zero-order chi connectivity index (χ0) is 15.8. The SMILES string of the molecule is CC1CCC2(CC1)CN(C(=O)OC(C)(C)C)CC2C(=O)O. The van der Waals surface area contributed by atoms with Crippen molar-refractivity contribution in [1.82, 2.24) is 4.90 Å². The first-order chi connectivity index (χ1) is 9.63. The van der Waals surface area contributed by atoms with Gasteiger partial charge in [0.15, 0.2) is 0 Å². The molecule has 120 valence electrons. The molecule has 0 aromatic carbocycles. The maximum atomic E-state index is 12.2. The number of ether oxygens (including phenoxy) is 1. The Bertz CT molecular complexity index is 418. The standard InChI is InChI=1S/C16H27NO4/c1-11-5-7-16(8-6-11)10-17(9-12(16)13(18)19)14(20)21-15(2,3)4/h11-12H,5-10H2,1-4H3,(H,18,19). The molecule has 21 heavy (non-hydrogen) atoms. The predicted molar refractivity (Wildman–Crippen MR) is 79.0 cm³/mol. The van der Waals surface area contributed by atoms with Crippen LogP contribution in [0.5, 0.6) is 0 Å². The van der Waals surface area contributed by atoms with E-state index in [0.717, 1.165) is 25.7 Å². The van der Waals surface area contributed by atoms with Crippen LogP contribution in [-0.4, -0.2) is 40.8 Å². The number of rotatable bonds is 1. The third-order valence-corrected chi connectivity index (χ3v) is 4.87. The van der Waals surface area contributed by atoms with Gasteiger partial charge in [-0.1, -0.05) is 19.8 Å². The van der Waals surface area contributed by atoms with Crippen LogP contribution in [0.15, 0.2) is 0 Å². The molecule has 1 aliphatic carbocycles. The Labute approximate surface area is 126 Å². The molecule has 1 aliphatic heterocycles. The number of carbonyl (C=O) groups excluding carboxylic acids is 1. The predicted octanol–water partition coefficient (Wildman–Crippen LogP) is 3.13. The van der Waals surface area contributed by atoms with Gasteiger partial charge in [0.1, 0.15) is 5.60 Å². The molecule has 1 saturated carbocycles. The number of amides is 1. The zero-order valence-electron chi connectivity index (χ0n) is 13.5. The third-order valence-electron chi connectivity index (χ3n) is 4.87. The Balaban J connectivity index is 2.12. The summed E-state index contributed by atoms with van der Waals surface area (Å²) < 4.78 is 5.40. The van der Waals surface area contributed by atoms with E-state index < -0.39 is 17.5 Å². The van der Waals surface area contributed by atoms with Crippen molar-refractivity contribution in [3.8, 4) is 0 Å². The Morgan fingerprint density at radius 2 is 1.81 bits per heavy atom. The van der Waals surface area contributed by atoms with E-state index in [1.165, 1.54) is 0 Å². The summed E-state index contributed by atoms with van der Waals surface area (Å²) in [5, 5.41) is 9.55. The number of carbonyl (C=O) groups is 2. The molecule has 1 saturated heterocycles. The average Bonchev–Trinajstić information content (AvgIpc) is 2.71. The van der Waals surface area contributed by atoms with Gasteiger partial charge >= 0.3 is 12.1 Å². The molecule has 1 N–H and O–H groups in total. The van der Waals surface area contributed by atoms with Crippen molar-refractivity contribution in [2.45, 2.75) is 59.0 Å². The first kappa shape index (κ1) is 16.1. The maximum absolute atomic E-state index is 12.2. The Morgan fingerprint density at radius 3 is 2.29 bits per heavy atom. The van der Waals surface area contributed by atoms with Gasteiger partial charge in [0, 0.05) is 18.5 Å². The lowest BCUT2D eigenvalue weighted by atomic mass is 9.65. The van der Waals surface area contributed by atoms with E-state index in [-0.39, 0.29) is 18.1 Å². The fraction of sp³-hybridized carbons (Fsp3) is 0.875. The highest BCUT2D eigenvalue weighted by molar-refractivity contribution is 5.75. The summed E-state index contributed by atoms with van der Waals surface area (Å²) in [6.07, 6.45) is 3.50. The van der Waals surface area contributed by atoms with Crippen LogP contribution in [0.1, 0.15) is 53.4 Å². The molecular formula is C16H27NO4. The van der Waals surface area contributed by atoms with E-state index in [9.17, 15) is 14.7 Å². The normalized spacial score (nSPS) is 33.2. The van der Waals surface area contributed by atoms with Crippen LogP contribution in [0, 0.1) is 17.3 Å². The number of hydrogen-bond donors (Lipinski definition) is 1. The molecule has 2 fully saturated rings. The van der Waals surface area contributed by atoms with Crippen LogP contribution >= 0.6 is 0 Å². The lowest BCUT2D eigenvalue weighted by Crippen LogP contribution is -2.39. The minimum absolute atomic E-state index is 0.255. The average molecular weight is 297 g/mol. The minimum Gasteiger partial charge on any atom is -0.481 e. The summed E-state index contributed by atoms with van der Waals surface area (Å²) in [5.74, 6) is -0.589. The summed E-state index contributed by atoms with van der Waals surface area (Å²) in [6, 6.07) is 0. The molecule has 2 rings (SSSR count). The summed E-state index contributed by atoms with van der Waals surface area (Å²) in [4.78, 5) is 25.5. The van der Waals surface area contributed by atoms with E-state index in [1.807, 2.05) is 20.8 Å².